The van der Waals surface area contributed by atoms with E-state index in [0.717, 1.165) is 52.2 Å². The van der Waals surface area contributed by atoms with E-state index >= 15 is 0 Å². The maximum Gasteiger partial charge on any atom is 0.227 e. The van der Waals surface area contributed by atoms with Gasteiger partial charge in [0.05, 0.1) is 12.5 Å². The van der Waals surface area contributed by atoms with Gasteiger partial charge in [0.1, 0.15) is 0 Å². The second kappa shape index (κ2) is 9.32. The van der Waals surface area contributed by atoms with Crippen LogP contribution < -0.4 is 5.73 Å². The number of hydrogen-bond acceptors (Lipinski definition) is 4. The molecule has 1 aliphatic rings. The fourth-order valence-electron chi connectivity index (χ4n) is 2.76. The Kier molecular flexibility index (Phi) is 8.11. The van der Waals surface area contributed by atoms with E-state index < -0.39 is 0 Å². The van der Waals surface area contributed by atoms with Crippen LogP contribution in [0.2, 0.25) is 0 Å². The van der Waals surface area contributed by atoms with Gasteiger partial charge in [-0.2, -0.15) is 0 Å². The van der Waals surface area contributed by atoms with Gasteiger partial charge in [-0.25, -0.2) is 0 Å². The van der Waals surface area contributed by atoms with E-state index in [1.807, 2.05) is 4.90 Å². The molecule has 1 amide bonds. The van der Waals surface area contributed by atoms with Crippen molar-refractivity contribution < 1.29 is 9.53 Å². The first kappa shape index (κ1) is 17.4. The molecule has 1 heterocycles. The van der Waals surface area contributed by atoms with Crippen LogP contribution in [0.5, 0.6) is 0 Å². The van der Waals surface area contributed by atoms with Crippen molar-refractivity contribution in [1.82, 2.24) is 9.80 Å². The molecular formula is C15H31N3O2. The van der Waals surface area contributed by atoms with E-state index in [1.165, 1.54) is 0 Å². The number of amides is 1. The van der Waals surface area contributed by atoms with Crippen molar-refractivity contribution in [2.75, 3.05) is 53.0 Å². The Labute approximate surface area is 123 Å². The topological polar surface area (TPSA) is 58.8 Å². The van der Waals surface area contributed by atoms with E-state index in [9.17, 15) is 4.79 Å². The molecular weight excluding hydrogens is 254 g/mol. The molecule has 5 nitrogen and oxygen atoms in total. The van der Waals surface area contributed by atoms with Crippen molar-refractivity contribution in [2.24, 2.45) is 17.6 Å². The van der Waals surface area contributed by atoms with Gasteiger partial charge in [-0.1, -0.05) is 13.8 Å². The monoisotopic (exact) mass is 285 g/mol. The van der Waals surface area contributed by atoms with Crippen LogP contribution in [0.3, 0.4) is 0 Å². The van der Waals surface area contributed by atoms with Crippen LogP contribution in [-0.2, 0) is 9.53 Å². The molecule has 118 valence electrons. The fourth-order valence-corrected chi connectivity index (χ4v) is 2.76. The fraction of sp³-hybridized carbons (Fsp3) is 0.933. The average Bonchev–Trinajstić information content (AvgIpc) is 2.67. The van der Waals surface area contributed by atoms with Gasteiger partial charge in [-0.05, 0) is 25.3 Å². The van der Waals surface area contributed by atoms with Crippen molar-refractivity contribution in [3.05, 3.63) is 0 Å². The maximum atomic E-state index is 12.5. The lowest BCUT2D eigenvalue weighted by Crippen LogP contribution is -2.42. The van der Waals surface area contributed by atoms with Gasteiger partial charge in [0.15, 0.2) is 0 Å². The Morgan fingerprint density at radius 1 is 1.25 bits per heavy atom. The Balaban J connectivity index is 2.48. The molecule has 1 rings (SSSR count). The van der Waals surface area contributed by atoms with Gasteiger partial charge in [0.2, 0.25) is 5.91 Å². The minimum Gasteiger partial charge on any atom is -0.383 e. The Bertz CT molecular complexity index is 284. The summed E-state index contributed by atoms with van der Waals surface area (Å²) < 4.78 is 5.12. The number of rotatable bonds is 7. The minimum atomic E-state index is -0.0134. The zero-order valence-corrected chi connectivity index (χ0v) is 13.3. The molecule has 1 atom stereocenters. The van der Waals surface area contributed by atoms with Gasteiger partial charge < -0.3 is 15.4 Å². The van der Waals surface area contributed by atoms with Crippen molar-refractivity contribution >= 4 is 5.91 Å². The molecule has 1 aliphatic heterocycles. The molecule has 5 heteroatoms. The van der Waals surface area contributed by atoms with E-state index in [4.69, 9.17) is 10.5 Å². The van der Waals surface area contributed by atoms with Crippen LogP contribution in [0.1, 0.15) is 26.7 Å². The summed E-state index contributed by atoms with van der Waals surface area (Å²) in [6.07, 6.45) is 1.92. The summed E-state index contributed by atoms with van der Waals surface area (Å²) in [6, 6.07) is 0. The summed E-state index contributed by atoms with van der Waals surface area (Å²) in [5.74, 6) is 0.744. The molecule has 1 unspecified atom stereocenters. The minimum absolute atomic E-state index is 0.0134. The first-order valence-corrected chi connectivity index (χ1v) is 7.78. The molecule has 0 bridgehead atoms. The Morgan fingerprint density at radius 3 is 2.60 bits per heavy atom. The highest BCUT2D eigenvalue weighted by Crippen LogP contribution is 2.15. The molecule has 0 saturated carbocycles. The van der Waals surface area contributed by atoms with Crippen LogP contribution in [0.25, 0.3) is 0 Å². The van der Waals surface area contributed by atoms with Crippen molar-refractivity contribution in [3.8, 4) is 0 Å². The van der Waals surface area contributed by atoms with Gasteiger partial charge in [0.25, 0.3) is 0 Å². The van der Waals surface area contributed by atoms with Gasteiger partial charge >= 0.3 is 0 Å². The average molecular weight is 285 g/mol. The quantitative estimate of drug-likeness (QED) is 0.751. The first-order valence-electron chi connectivity index (χ1n) is 7.78. The normalized spacial score (nSPS) is 19.1. The molecule has 0 aromatic carbocycles. The van der Waals surface area contributed by atoms with E-state index in [2.05, 4.69) is 18.7 Å². The molecule has 0 radical (unpaired) electrons. The van der Waals surface area contributed by atoms with Crippen LogP contribution in [0, 0.1) is 11.8 Å². The van der Waals surface area contributed by atoms with Crippen molar-refractivity contribution in [2.45, 2.75) is 26.7 Å². The smallest absolute Gasteiger partial charge is 0.227 e. The third-order valence-electron chi connectivity index (χ3n) is 3.90. The predicted octanol–water partition coefficient (Wildman–Crippen LogP) is 0.788. The van der Waals surface area contributed by atoms with Crippen molar-refractivity contribution in [3.63, 3.8) is 0 Å². The number of nitrogens with two attached hydrogens (primary N) is 1. The highest BCUT2D eigenvalue weighted by molar-refractivity contribution is 5.79. The van der Waals surface area contributed by atoms with Crippen LogP contribution in [0.4, 0.5) is 0 Å². The van der Waals surface area contributed by atoms with E-state index in [-0.39, 0.29) is 11.8 Å². The number of hydrogen-bond donors (Lipinski definition) is 1. The Hall–Kier alpha value is -0.650. The number of ether oxygens (including phenoxy) is 1. The number of carbonyl (C=O) groups is 1. The number of methoxy groups -OCH3 is 1. The highest BCUT2D eigenvalue weighted by Gasteiger charge is 2.25. The zero-order chi connectivity index (χ0) is 15.0. The van der Waals surface area contributed by atoms with Crippen LogP contribution in [-0.4, -0.2) is 68.7 Å². The summed E-state index contributed by atoms with van der Waals surface area (Å²) >= 11 is 0. The highest BCUT2D eigenvalue weighted by atomic mass is 16.5. The summed E-state index contributed by atoms with van der Waals surface area (Å²) in [6.45, 7) is 10.1. The molecule has 0 aliphatic carbocycles. The van der Waals surface area contributed by atoms with Gasteiger partial charge in [-0.15, -0.1) is 0 Å². The molecule has 2 N–H and O–H groups in total. The van der Waals surface area contributed by atoms with E-state index in [1.54, 1.807) is 7.11 Å². The largest absolute Gasteiger partial charge is 0.383 e. The molecule has 0 aromatic rings. The second-order valence-electron chi connectivity index (χ2n) is 6.08. The predicted molar refractivity (Wildman–Crippen MR) is 81.5 cm³/mol. The lowest BCUT2D eigenvalue weighted by Gasteiger charge is -2.26. The molecule has 1 fully saturated rings. The molecule has 20 heavy (non-hydrogen) atoms. The van der Waals surface area contributed by atoms with Crippen LogP contribution in [0.15, 0.2) is 0 Å². The second-order valence-corrected chi connectivity index (χ2v) is 6.08. The lowest BCUT2D eigenvalue weighted by atomic mass is 9.96. The summed E-state index contributed by atoms with van der Waals surface area (Å²) in [5, 5.41) is 0. The first-order chi connectivity index (χ1) is 9.58. The summed E-state index contributed by atoms with van der Waals surface area (Å²) in [4.78, 5) is 16.9. The van der Waals surface area contributed by atoms with Gasteiger partial charge in [-0.3, -0.25) is 9.69 Å². The maximum absolute atomic E-state index is 12.5. The summed E-state index contributed by atoms with van der Waals surface area (Å²) in [5.41, 5.74) is 5.79. The zero-order valence-electron chi connectivity index (χ0n) is 13.3. The lowest BCUT2D eigenvalue weighted by molar-refractivity contribution is -0.135. The molecule has 1 saturated heterocycles. The standard InChI is InChI=1S/C15H31N3O2/c1-13(2)11-14(12-16)15(19)18-6-4-5-17(7-8-18)9-10-20-3/h13-14H,4-12,16H2,1-3H3. The molecule has 0 spiro atoms. The Morgan fingerprint density at radius 2 is 2.00 bits per heavy atom. The third kappa shape index (κ3) is 5.77. The van der Waals surface area contributed by atoms with Gasteiger partial charge in [0, 0.05) is 39.8 Å². The van der Waals surface area contributed by atoms with E-state index in [0.29, 0.717) is 12.5 Å². The number of carbonyl (C=O) groups excluding carboxylic acids is 1. The van der Waals surface area contributed by atoms with Crippen molar-refractivity contribution in [1.29, 1.82) is 0 Å². The summed E-state index contributed by atoms with van der Waals surface area (Å²) in [7, 11) is 1.73. The molecule has 0 aromatic heterocycles. The van der Waals surface area contributed by atoms with Crippen LogP contribution >= 0.6 is 0 Å². The number of nitrogens with zero attached hydrogens (tertiary/aromatic N) is 2. The SMILES string of the molecule is COCCN1CCCN(C(=O)C(CN)CC(C)C)CC1. The third-order valence-corrected chi connectivity index (χ3v) is 3.90.